The van der Waals surface area contributed by atoms with Gasteiger partial charge in [0.2, 0.25) is 12.1 Å². The highest BCUT2D eigenvalue weighted by Crippen LogP contribution is 2.20. The number of ether oxygens (including phenoxy) is 1. The van der Waals surface area contributed by atoms with Gasteiger partial charge in [-0.05, 0) is 36.6 Å². The fourth-order valence-corrected chi connectivity index (χ4v) is 1.51. The Bertz CT molecular complexity index is 390. The summed E-state index contributed by atoms with van der Waals surface area (Å²) in [6.45, 7) is 5.38. The lowest BCUT2D eigenvalue weighted by molar-refractivity contribution is -0.388. The van der Waals surface area contributed by atoms with Gasteiger partial charge in [-0.15, -0.1) is 0 Å². The fraction of sp³-hybridized carbons (Fsp3) is 0.727. The van der Waals surface area contributed by atoms with Crippen molar-refractivity contribution >= 4 is 11.6 Å². The Hall–Kier alpha value is -1.63. The molecule has 0 fully saturated rings. The number of hydrogen-bond donors (Lipinski definition) is 1. The Morgan fingerprint density at radius 3 is 2.89 bits per heavy atom. The van der Waals surface area contributed by atoms with Gasteiger partial charge in [-0.1, -0.05) is 0 Å². The van der Waals surface area contributed by atoms with Crippen LogP contribution in [0.4, 0.5) is 11.6 Å². The van der Waals surface area contributed by atoms with E-state index in [1.807, 2.05) is 13.8 Å². The first kappa shape index (κ1) is 14.4. The third kappa shape index (κ3) is 4.33. The molecule has 0 unspecified atom stereocenters. The number of rotatable bonds is 8. The molecule has 0 aliphatic carbocycles. The van der Waals surface area contributed by atoms with E-state index in [4.69, 9.17) is 4.74 Å². The van der Waals surface area contributed by atoms with Gasteiger partial charge >= 0.3 is 5.82 Å². The van der Waals surface area contributed by atoms with Crippen molar-refractivity contribution in [3.05, 3.63) is 16.4 Å². The minimum atomic E-state index is -0.482. The Morgan fingerprint density at radius 2 is 2.28 bits per heavy atom. The zero-order chi connectivity index (χ0) is 13.5. The maximum absolute atomic E-state index is 10.7. The highest BCUT2D eigenvalue weighted by atomic mass is 16.6. The number of imidazole rings is 1. The van der Waals surface area contributed by atoms with Gasteiger partial charge in [0, 0.05) is 20.2 Å². The second kappa shape index (κ2) is 6.95. The van der Waals surface area contributed by atoms with E-state index in [1.165, 1.54) is 6.33 Å². The van der Waals surface area contributed by atoms with Crippen LogP contribution in [0, 0.1) is 10.1 Å². The minimum Gasteiger partial charge on any atom is -0.379 e. The molecule has 0 spiro atoms. The Balaban J connectivity index is 2.31. The summed E-state index contributed by atoms with van der Waals surface area (Å²) >= 11 is 0. The first-order valence-corrected chi connectivity index (χ1v) is 6.03. The van der Waals surface area contributed by atoms with E-state index in [0.29, 0.717) is 19.0 Å². The highest BCUT2D eigenvalue weighted by molar-refractivity contribution is 5.51. The van der Waals surface area contributed by atoms with E-state index >= 15 is 0 Å². The van der Waals surface area contributed by atoms with Crippen molar-refractivity contribution in [1.29, 1.82) is 0 Å². The summed E-state index contributed by atoms with van der Waals surface area (Å²) in [5.74, 6) is 0.320. The number of hydrogen-bond acceptors (Lipinski definition) is 5. The lowest BCUT2D eigenvalue weighted by atomic mass is 10.3. The van der Waals surface area contributed by atoms with Gasteiger partial charge in [-0.25, -0.2) is 0 Å². The van der Waals surface area contributed by atoms with Crippen LogP contribution >= 0.6 is 0 Å². The third-order valence-corrected chi connectivity index (χ3v) is 2.41. The highest BCUT2D eigenvalue weighted by Gasteiger charge is 2.18. The molecule has 0 bridgehead atoms. The maximum Gasteiger partial charge on any atom is 0.406 e. The van der Waals surface area contributed by atoms with Crippen LogP contribution in [0.5, 0.6) is 0 Å². The Kier molecular flexibility index (Phi) is 5.57. The first-order chi connectivity index (χ1) is 8.52. The number of aromatic nitrogens is 2. The maximum atomic E-state index is 10.7. The smallest absolute Gasteiger partial charge is 0.379 e. The summed E-state index contributed by atoms with van der Waals surface area (Å²) in [5.41, 5.74) is 0. The number of nitrogens with zero attached hydrogens (tertiary/aromatic N) is 3. The van der Waals surface area contributed by atoms with Crippen LogP contribution in [0.3, 0.4) is 0 Å². The molecule has 0 saturated carbocycles. The minimum absolute atomic E-state index is 0.129. The molecular formula is C11H20N4O3. The van der Waals surface area contributed by atoms with E-state index in [1.54, 1.807) is 11.6 Å². The molecular weight excluding hydrogens is 236 g/mol. The Morgan fingerprint density at radius 1 is 1.56 bits per heavy atom. The van der Waals surface area contributed by atoms with Crippen LogP contribution in [0.2, 0.25) is 0 Å². The summed E-state index contributed by atoms with van der Waals surface area (Å²) in [7, 11) is 1.73. The average Bonchev–Trinajstić information content (AvgIpc) is 2.65. The van der Waals surface area contributed by atoms with E-state index in [9.17, 15) is 10.1 Å². The molecule has 18 heavy (non-hydrogen) atoms. The zero-order valence-corrected chi connectivity index (χ0v) is 11.0. The normalized spacial score (nSPS) is 10.9. The van der Waals surface area contributed by atoms with Crippen LogP contribution in [-0.4, -0.2) is 33.7 Å². The van der Waals surface area contributed by atoms with Crippen molar-refractivity contribution < 1.29 is 9.66 Å². The van der Waals surface area contributed by atoms with Crippen LogP contribution in [0.25, 0.3) is 0 Å². The van der Waals surface area contributed by atoms with Crippen molar-refractivity contribution in [2.24, 2.45) is 7.05 Å². The second-order valence-corrected chi connectivity index (χ2v) is 4.34. The number of aryl methyl sites for hydroxylation is 1. The van der Waals surface area contributed by atoms with E-state index < -0.39 is 4.92 Å². The lowest BCUT2D eigenvalue weighted by Crippen LogP contribution is -2.09. The SMILES string of the molecule is CC(C)OCCCCNc1c([N+](=O)[O-])ncn1C. The molecule has 0 atom stereocenters. The Labute approximate surface area is 106 Å². The molecule has 7 heteroatoms. The van der Waals surface area contributed by atoms with Gasteiger partial charge in [0.25, 0.3) is 0 Å². The largest absolute Gasteiger partial charge is 0.406 e. The molecule has 0 saturated heterocycles. The van der Waals surface area contributed by atoms with Crippen LogP contribution < -0.4 is 5.32 Å². The van der Waals surface area contributed by atoms with Gasteiger partial charge in [0.15, 0.2) is 0 Å². The van der Waals surface area contributed by atoms with E-state index in [-0.39, 0.29) is 11.9 Å². The first-order valence-electron chi connectivity index (χ1n) is 6.03. The molecule has 102 valence electrons. The molecule has 1 N–H and O–H groups in total. The van der Waals surface area contributed by atoms with Gasteiger partial charge in [-0.2, -0.15) is 0 Å². The molecule has 1 aromatic heterocycles. The van der Waals surface area contributed by atoms with Gasteiger partial charge in [-0.3, -0.25) is 4.57 Å². The molecule has 0 aromatic carbocycles. The van der Waals surface area contributed by atoms with E-state index in [0.717, 1.165) is 12.8 Å². The molecule has 0 aliphatic rings. The van der Waals surface area contributed by atoms with Crippen molar-refractivity contribution in [3.63, 3.8) is 0 Å². The number of nitrogens with one attached hydrogen (secondary N) is 1. The predicted octanol–water partition coefficient (Wildman–Crippen LogP) is 1.95. The lowest BCUT2D eigenvalue weighted by Gasteiger charge is -2.08. The van der Waals surface area contributed by atoms with Crippen molar-refractivity contribution in [3.8, 4) is 0 Å². The molecule has 0 aliphatic heterocycles. The number of nitro groups is 1. The van der Waals surface area contributed by atoms with Crippen molar-refractivity contribution in [2.75, 3.05) is 18.5 Å². The predicted molar refractivity (Wildman–Crippen MR) is 68.7 cm³/mol. The summed E-state index contributed by atoms with van der Waals surface area (Å²) in [5, 5.41) is 13.7. The summed E-state index contributed by atoms with van der Waals surface area (Å²) in [6.07, 6.45) is 3.50. The average molecular weight is 256 g/mol. The summed E-state index contributed by atoms with van der Waals surface area (Å²) < 4.78 is 7.03. The fourth-order valence-electron chi connectivity index (χ4n) is 1.51. The molecule has 1 rings (SSSR count). The number of unbranched alkanes of at least 4 members (excludes halogenated alkanes) is 1. The monoisotopic (exact) mass is 256 g/mol. The number of anilines is 1. The third-order valence-electron chi connectivity index (χ3n) is 2.41. The summed E-state index contributed by atoms with van der Waals surface area (Å²) in [4.78, 5) is 14.0. The molecule has 7 nitrogen and oxygen atoms in total. The van der Waals surface area contributed by atoms with Gasteiger partial charge < -0.3 is 20.2 Å². The van der Waals surface area contributed by atoms with Gasteiger partial charge in [0.1, 0.15) is 0 Å². The molecule has 0 radical (unpaired) electrons. The quantitative estimate of drug-likeness (QED) is 0.436. The van der Waals surface area contributed by atoms with Crippen molar-refractivity contribution in [1.82, 2.24) is 9.55 Å². The topological polar surface area (TPSA) is 82.2 Å². The van der Waals surface area contributed by atoms with Crippen LogP contribution in [0.15, 0.2) is 6.33 Å². The summed E-state index contributed by atoms with van der Waals surface area (Å²) in [6, 6.07) is 0. The molecule has 1 heterocycles. The standard InChI is InChI=1S/C11H20N4O3/c1-9(2)18-7-5-4-6-12-10-11(15(16)17)13-8-14(10)3/h8-9,12H,4-7H2,1-3H3. The van der Waals surface area contributed by atoms with Crippen LogP contribution in [0.1, 0.15) is 26.7 Å². The van der Waals surface area contributed by atoms with Crippen LogP contribution in [-0.2, 0) is 11.8 Å². The second-order valence-electron chi connectivity index (χ2n) is 4.34. The van der Waals surface area contributed by atoms with E-state index in [2.05, 4.69) is 10.3 Å². The molecule has 1 aromatic rings. The van der Waals surface area contributed by atoms with Crippen molar-refractivity contribution in [2.45, 2.75) is 32.8 Å². The zero-order valence-electron chi connectivity index (χ0n) is 11.0. The molecule has 0 amide bonds. The van der Waals surface area contributed by atoms with Gasteiger partial charge in [0.05, 0.1) is 6.10 Å².